The molecule has 0 N–H and O–H groups in total. The summed E-state index contributed by atoms with van der Waals surface area (Å²) in [4.78, 5) is 17.4. The number of hydrogen-bond acceptors (Lipinski definition) is 4. The Morgan fingerprint density at radius 3 is 2.47 bits per heavy atom. The predicted molar refractivity (Wildman–Crippen MR) is 127 cm³/mol. The van der Waals surface area contributed by atoms with Gasteiger partial charge in [0.1, 0.15) is 5.75 Å². The minimum absolute atomic E-state index is 0.0405. The minimum atomic E-state index is 0.0405. The van der Waals surface area contributed by atoms with Crippen molar-refractivity contribution in [2.75, 3.05) is 27.2 Å². The molecule has 2 aromatic carbocycles. The van der Waals surface area contributed by atoms with Gasteiger partial charge >= 0.3 is 0 Å². The molecule has 32 heavy (non-hydrogen) atoms. The number of piperidine rings is 1. The van der Waals surface area contributed by atoms with Crippen LogP contribution < -0.4 is 9.47 Å². The van der Waals surface area contributed by atoms with Gasteiger partial charge < -0.3 is 14.4 Å². The van der Waals surface area contributed by atoms with E-state index in [4.69, 9.17) is 9.47 Å². The van der Waals surface area contributed by atoms with Crippen molar-refractivity contribution in [2.24, 2.45) is 0 Å². The van der Waals surface area contributed by atoms with Crippen molar-refractivity contribution in [3.63, 3.8) is 0 Å². The molecule has 3 aliphatic rings. The Hall–Kier alpha value is -2.79. The van der Waals surface area contributed by atoms with E-state index in [1.807, 2.05) is 43.0 Å². The van der Waals surface area contributed by atoms with Crippen LogP contribution in [0.4, 0.5) is 0 Å². The molecule has 0 saturated carbocycles. The maximum Gasteiger partial charge on any atom is 0.253 e. The third-order valence-corrected chi connectivity index (χ3v) is 7.53. The lowest BCUT2D eigenvalue weighted by atomic mass is 9.83. The zero-order valence-corrected chi connectivity index (χ0v) is 19.5. The van der Waals surface area contributed by atoms with Crippen LogP contribution in [0.15, 0.2) is 42.0 Å². The van der Waals surface area contributed by atoms with Gasteiger partial charge in [-0.05, 0) is 76.4 Å². The molecule has 0 aliphatic carbocycles. The van der Waals surface area contributed by atoms with Crippen LogP contribution in [0.1, 0.15) is 61.0 Å². The van der Waals surface area contributed by atoms with Crippen molar-refractivity contribution < 1.29 is 14.3 Å². The lowest BCUT2D eigenvalue weighted by Gasteiger charge is -2.35. The van der Waals surface area contributed by atoms with Crippen molar-refractivity contribution in [1.82, 2.24) is 9.80 Å². The number of para-hydroxylation sites is 1. The van der Waals surface area contributed by atoms with Crippen LogP contribution >= 0.6 is 0 Å². The quantitative estimate of drug-likeness (QED) is 0.558. The molecule has 2 unspecified atom stereocenters. The molecule has 3 heterocycles. The van der Waals surface area contributed by atoms with E-state index in [1.165, 1.54) is 24.0 Å². The van der Waals surface area contributed by atoms with E-state index in [2.05, 4.69) is 24.1 Å². The lowest BCUT2D eigenvalue weighted by molar-refractivity contribution is 0.0772. The van der Waals surface area contributed by atoms with Crippen molar-refractivity contribution in [3.8, 4) is 17.2 Å². The van der Waals surface area contributed by atoms with Gasteiger partial charge in [0.25, 0.3) is 5.91 Å². The van der Waals surface area contributed by atoms with Gasteiger partial charge in [0, 0.05) is 41.9 Å². The fourth-order valence-electron chi connectivity index (χ4n) is 5.69. The Bertz CT molecular complexity index is 1070. The summed E-state index contributed by atoms with van der Waals surface area (Å²) in [6, 6.07) is 13.3. The van der Waals surface area contributed by atoms with E-state index >= 15 is 0 Å². The molecule has 2 atom stereocenters. The number of nitrogens with zero attached hydrogens (tertiary/aromatic N) is 2. The number of carbonyl (C=O) groups is 1. The molecule has 2 bridgehead atoms. The van der Waals surface area contributed by atoms with Gasteiger partial charge in [-0.2, -0.15) is 0 Å². The summed E-state index contributed by atoms with van der Waals surface area (Å²) < 4.78 is 12.1. The Morgan fingerprint density at radius 2 is 1.81 bits per heavy atom. The van der Waals surface area contributed by atoms with Crippen LogP contribution in [0, 0.1) is 0 Å². The smallest absolute Gasteiger partial charge is 0.253 e. The van der Waals surface area contributed by atoms with Gasteiger partial charge in [0.2, 0.25) is 0 Å². The lowest BCUT2D eigenvalue weighted by Crippen LogP contribution is -2.37. The van der Waals surface area contributed by atoms with Gasteiger partial charge in [-0.3, -0.25) is 9.69 Å². The first-order valence-corrected chi connectivity index (χ1v) is 11.8. The summed E-state index contributed by atoms with van der Waals surface area (Å²) in [7, 11) is 3.95. The molecule has 0 spiro atoms. The summed E-state index contributed by atoms with van der Waals surface area (Å²) >= 11 is 0. The molecule has 5 heteroatoms. The molecule has 168 valence electrons. The van der Waals surface area contributed by atoms with E-state index in [1.54, 1.807) is 7.11 Å². The first-order valence-electron chi connectivity index (χ1n) is 11.8. The molecule has 2 fully saturated rings. The number of fused-ring (bicyclic) bond motifs is 4. The second-order valence-electron chi connectivity index (χ2n) is 9.06. The monoisotopic (exact) mass is 432 g/mol. The second kappa shape index (κ2) is 8.28. The largest absolute Gasteiger partial charge is 0.493 e. The summed E-state index contributed by atoms with van der Waals surface area (Å²) in [6.45, 7) is 5.40. The van der Waals surface area contributed by atoms with Gasteiger partial charge in [-0.15, -0.1) is 0 Å². The van der Waals surface area contributed by atoms with E-state index in [-0.39, 0.29) is 5.91 Å². The molecule has 1 amide bonds. The molecule has 5 nitrogen and oxygen atoms in total. The number of carbonyl (C=O) groups excluding carboxylic acids is 1. The first-order chi connectivity index (χ1) is 15.5. The molecule has 3 aliphatic heterocycles. The number of rotatable bonds is 4. The van der Waals surface area contributed by atoms with Gasteiger partial charge in [-0.25, -0.2) is 0 Å². The Balaban J connectivity index is 1.66. The number of hydrogen-bond donors (Lipinski definition) is 0. The number of benzene rings is 2. The SMILES string of the molecule is CCN(CC)C(=O)c1ccc2c(c1)Oc1c(OC)cccc1C2=C1CC2CCC(C1)N2C. The molecule has 0 aromatic heterocycles. The van der Waals surface area contributed by atoms with E-state index < -0.39 is 0 Å². The molecule has 0 radical (unpaired) electrons. The van der Waals surface area contributed by atoms with E-state index in [9.17, 15) is 4.79 Å². The van der Waals surface area contributed by atoms with Gasteiger partial charge in [0.15, 0.2) is 11.5 Å². The molecular formula is C27H32N2O3. The highest BCUT2D eigenvalue weighted by Gasteiger charge is 2.38. The highest BCUT2D eigenvalue weighted by atomic mass is 16.5. The average Bonchev–Trinajstić information content (AvgIpc) is 3.02. The van der Waals surface area contributed by atoms with Crippen molar-refractivity contribution in [1.29, 1.82) is 0 Å². The normalized spacial score (nSPS) is 21.6. The third kappa shape index (κ3) is 3.30. The Kier molecular flexibility index (Phi) is 5.46. The average molecular weight is 433 g/mol. The number of amides is 1. The fourth-order valence-corrected chi connectivity index (χ4v) is 5.69. The Morgan fingerprint density at radius 1 is 1.09 bits per heavy atom. The topological polar surface area (TPSA) is 42.0 Å². The predicted octanol–water partition coefficient (Wildman–Crippen LogP) is 5.34. The van der Waals surface area contributed by atoms with Crippen molar-refractivity contribution in [3.05, 3.63) is 58.7 Å². The summed E-state index contributed by atoms with van der Waals surface area (Å²) in [6.07, 6.45) is 4.70. The summed E-state index contributed by atoms with van der Waals surface area (Å²) in [5, 5.41) is 0. The zero-order chi connectivity index (χ0) is 22.4. The highest BCUT2D eigenvalue weighted by Crippen LogP contribution is 2.52. The third-order valence-electron chi connectivity index (χ3n) is 7.53. The Labute approximate surface area is 190 Å². The molecule has 2 aromatic rings. The summed E-state index contributed by atoms with van der Waals surface area (Å²) in [5.74, 6) is 2.26. The van der Waals surface area contributed by atoms with E-state index in [0.29, 0.717) is 30.7 Å². The first kappa shape index (κ1) is 21.1. The highest BCUT2D eigenvalue weighted by molar-refractivity contribution is 5.97. The van der Waals surface area contributed by atoms with E-state index in [0.717, 1.165) is 41.2 Å². The van der Waals surface area contributed by atoms with Crippen LogP contribution in [0.25, 0.3) is 5.57 Å². The fraction of sp³-hybridized carbons (Fsp3) is 0.444. The van der Waals surface area contributed by atoms with Crippen molar-refractivity contribution in [2.45, 2.75) is 51.6 Å². The molecule has 5 rings (SSSR count). The number of methoxy groups -OCH3 is 1. The van der Waals surface area contributed by atoms with Crippen LogP contribution in [0.3, 0.4) is 0 Å². The maximum atomic E-state index is 13.0. The van der Waals surface area contributed by atoms with Crippen LogP contribution in [-0.2, 0) is 0 Å². The maximum absolute atomic E-state index is 13.0. The van der Waals surface area contributed by atoms with Crippen LogP contribution in [0.2, 0.25) is 0 Å². The molecule has 2 saturated heterocycles. The van der Waals surface area contributed by atoms with Crippen molar-refractivity contribution >= 4 is 11.5 Å². The summed E-state index contributed by atoms with van der Waals surface area (Å²) in [5.41, 5.74) is 5.61. The van der Waals surface area contributed by atoms with Gasteiger partial charge in [0.05, 0.1) is 7.11 Å². The number of ether oxygens (including phenoxy) is 2. The van der Waals surface area contributed by atoms with Gasteiger partial charge in [-0.1, -0.05) is 17.7 Å². The minimum Gasteiger partial charge on any atom is -0.493 e. The molecular weight excluding hydrogens is 400 g/mol. The van der Waals surface area contributed by atoms with Crippen LogP contribution in [-0.4, -0.2) is 55.0 Å². The van der Waals surface area contributed by atoms with Crippen LogP contribution in [0.5, 0.6) is 17.2 Å². The second-order valence-corrected chi connectivity index (χ2v) is 9.06. The standard InChI is InChI=1S/C27H32N2O3/c1-5-29(6-2)27(30)17-10-13-21-24(16-17)32-26-22(8-7-9-23(26)31-4)25(21)18-14-19-11-12-20(15-18)28(19)3/h7-10,13,16,19-20H,5-6,11-12,14-15H2,1-4H3. The zero-order valence-electron chi connectivity index (χ0n) is 19.5.